The van der Waals surface area contributed by atoms with E-state index in [1.54, 1.807) is 0 Å². The van der Waals surface area contributed by atoms with Gasteiger partial charge in [0.15, 0.2) is 0 Å². The molecule has 0 bridgehead atoms. The van der Waals surface area contributed by atoms with Crippen LogP contribution in [-0.2, 0) is 4.74 Å². The molecular formula is C19H22N2O2. The standard InChI is InChI=1S/C19H22N2O2/c1-13-11-21(12-14(2)23-13)19(22)17-9-10-18(20-15(17)3)16-7-5-4-6-8-16/h4-10,13-14H,11-12H2,1-3H3. The van der Waals surface area contributed by atoms with E-state index in [2.05, 4.69) is 4.98 Å². The quantitative estimate of drug-likeness (QED) is 0.854. The van der Waals surface area contributed by atoms with Crippen LogP contribution in [0.3, 0.4) is 0 Å². The molecular weight excluding hydrogens is 288 g/mol. The predicted molar refractivity (Wildman–Crippen MR) is 90.3 cm³/mol. The fraction of sp³-hybridized carbons (Fsp3) is 0.368. The third-order valence-corrected chi connectivity index (χ3v) is 4.09. The fourth-order valence-corrected chi connectivity index (χ4v) is 3.07. The van der Waals surface area contributed by atoms with E-state index >= 15 is 0 Å². The SMILES string of the molecule is Cc1nc(-c2ccccc2)ccc1C(=O)N1CC(C)OC(C)C1. The Kier molecular flexibility index (Phi) is 4.44. The van der Waals surface area contributed by atoms with Gasteiger partial charge in [0.25, 0.3) is 5.91 Å². The first kappa shape index (κ1) is 15.7. The number of amides is 1. The van der Waals surface area contributed by atoms with Gasteiger partial charge in [-0.1, -0.05) is 30.3 Å². The topological polar surface area (TPSA) is 42.4 Å². The van der Waals surface area contributed by atoms with Crippen LogP contribution in [0.1, 0.15) is 29.9 Å². The lowest BCUT2D eigenvalue weighted by atomic mass is 10.1. The molecule has 1 saturated heterocycles. The predicted octanol–water partition coefficient (Wildman–Crippen LogP) is 3.31. The van der Waals surface area contributed by atoms with Gasteiger partial charge in [-0.3, -0.25) is 9.78 Å². The maximum absolute atomic E-state index is 12.8. The minimum Gasteiger partial charge on any atom is -0.372 e. The molecule has 3 rings (SSSR count). The van der Waals surface area contributed by atoms with Crippen molar-refractivity contribution in [1.29, 1.82) is 0 Å². The number of aryl methyl sites for hydroxylation is 1. The number of hydrogen-bond acceptors (Lipinski definition) is 3. The van der Waals surface area contributed by atoms with Crippen LogP contribution in [0.25, 0.3) is 11.3 Å². The summed E-state index contributed by atoms with van der Waals surface area (Å²) in [4.78, 5) is 19.3. The summed E-state index contributed by atoms with van der Waals surface area (Å²) >= 11 is 0. The van der Waals surface area contributed by atoms with E-state index in [1.165, 1.54) is 0 Å². The third kappa shape index (κ3) is 3.42. The second-order valence-corrected chi connectivity index (χ2v) is 6.16. The Morgan fingerprint density at radius 2 is 1.74 bits per heavy atom. The molecule has 0 N–H and O–H groups in total. The highest BCUT2D eigenvalue weighted by atomic mass is 16.5. The number of benzene rings is 1. The highest BCUT2D eigenvalue weighted by Gasteiger charge is 2.27. The number of carbonyl (C=O) groups excluding carboxylic acids is 1. The van der Waals surface area contributed by atoms with Gasteiger partial charge in [0.05, 0.1) is 29.2 Å². The Hall–Kier alpha value is -2.20. The van der Waals surface area contributed by atoms with Crippen molar-refractivity contribution in [2.75, 3.05) is 13.1 Å². The number of pyridine rings is 1. The number of hydrogen-bond donors (Lipinski definition) is 0. The summed E-state index contributed by atoms with van der Waals surface area (Å²) in [6.07, 6.45) is 0.138. The van der Waals surface area contributed by atoms with Crippen molar-refractivity contribution in [3.63, 3.8) is 0 Å². The zero-order chi connectivity index (χ0) is 16.4. The molecule has 1 aliphatic rings. The van der Waals surface area contributed by atoms with E-state index in [-0.39, 0.29) is 18.1 Å². The first-order valence-electron chi connectivity index (χ1n) is 8.02. The lowest BCUT2D eigenvalue weighted by molar-refractivity contribution is -0.0586. The molecule has 0 radical (unpaired) electrons. The molecule has 1 aromatic carbocycles. The van der Waals surface area contributed by atoms with Crippen molar-refractivity contribution in [2.45, 2.75) is 33.0 Å². The molecule has 4 heteroatoms. The van der Waals surface area contributed by atoms with Crippen molar-refractivity contribution in [2.24, 2.45) is 0 Å². The minimum atomic E-state index is 0.0385. The van der Waals surface area contributed by atoms with E-state index in [1.807, 2.05) is 68.1 Å². The van der Waals surface area contributed by atoms with Crippen molar-refractivity contribution >= 4 is 5.91 Å². The van der Waals surface area contributed by atoms with E-state index in [0.717, 1.165) is 17.0 Å². The van der Waals surface area contributed by atoms with Gasteiger partial charge in [-0.15, -0.1) is 0 Å². The second-order valence-electron chi connectivity index (χ2n) is 6.16. The molecule has 120 valence electrons. The third-order valence-electron chi connectivity index (χ3n) is 4.09. The molecule has 23 heavy (non-hydrogen) atoms. The van der Waals surface area contributed by atoms with E-state index in [4.69, 9.17) is 4.74 Å². The van der Waals surface area contributed by atoms with E-state index < -0.39 is 0 Å². The minimum absolute atomic E-state index is 0.0385. The summed E-state index contributed by atoms with van der Waals surface area (Å²) in [6.45, 7) is 7.15. The molecule has 0 aliphatic carbocycles. The van der Waals surface area contributed by atoms with Crippen molar-refractivity contribution in [1.82, 2.24) is 9.88 Å². The van der Waals surface area contributed by atoms with Crippen LogP contribution in [0.15, 0.2) is 42.5 Å². The average molecular weight is 310 g/mol. The summed E-state index contributed by atoms with van der Waals surface area (Å²) in [6, 6.07) is 13.8. The van der Waals surface area contributed by atoms with Gasteiger partial charge >= 0.3 is 0 Å². The summed E-state index contributed by atoms with van der Waals surface area (Å²) in [5.74, 6) is 0.0385. The van der Waals surface area contributed by atoms with Gasteiger partial charge in [-0.25, -0.2) is 0 Å². The maximum Gasteiger partial charge on any atom is 0.255 e. The Morgan fingerprint density at radius 3 is 2.35 bits per heavy atom. The summed E-state index contributed by atoms with van der Waals surface area (Å²) in [5.41, 5.74) is 3.39. The zero-order valence-corrected chi connectivity index (χ0v) is 13.8. The Bertz CT molecular complexity index is 690. The van der Waals surface area contributed by atoms with Gasteiger partial charge in [0.2, 0.25) is 0 Å². The largest absolute Gasteiger partial charge is 0.372 e. The molecule has 0 spiro atoms. The van der Waals surface area contributed by atoms with Crippen LogP contribution in [0.2, 0.25) is 0 Å². The van der Waals surface area contributed by atoms with Gasteiger partial charge in [-0.05, 0) is 32.9 Å². The summed E-state index contributed by atoms with van der Waals surface area (Å²) < 4.78 is 5.70. The monoisotopic (exact) mass is 310 g/mol. The van der Waals surface area contributed by atoms with Gasteiger partial charge in [0.1, 0.15) is 0 Å². The molecule has 1 aromatic heterocycles. The van der Waals surface area contributed by atoms with Crippen LogP contribution in [0, 0.1) is 6.92 Å². The zero-order valence-electron chi connectivity index (χ0n) is 13.8. The fourth-order valence-electron chi connectivity index (χ4n) is 3.07. The van der Waals surface area contributed by atoms with Crippen LogP contribution in [-0.4, -0.2) is 41.1 Å². The maximum atomic E-state index is 12.8. The highest BCUT2D eigenvalue weighted by molar-refractivity contribution is 5.95. The van der Waals surface area contributed by atoms with Crippen LogP contribution < -0.4 is 0 Å². The normalized spacial score (nSPS) is 21.3. The van der Waals surface area contributed by atoms with Crippen LogP contribution in [0.4, 0.5) is 0 Å². The number of carbonyl (C=O) groups is 1. The highest BCUT2D eigenvalue weighted by Crippen LogP contribution is 2.21. The molecule has 2 atom stereocenters. The van der Waals surface area contributed by atoms with Gasteiger partial charge in [-0.2, -0.15) is 0 Å². The molecule has 4 nitrogen and oxygen atoms in total. The van der Waals surface area contributed by atoms with Crippen molar-refractivity contribution < 1.29 is 9.53 Å². The molecule has 1 amide bonds. The lowest BCUT2D eigenvalue weighted by Gasteiger charge is -2.35. The molecule has 1 aliphatic heterocycles. The molecule has 2 aromatic rings. The molecule has 0 saturated carbocycles. The molecule has 1 fully saturated rings. The number of rotatable bonds is 2. The smallest absolute Gasteiger partial charge is 0.255 e. The second kappa shape index (κ2) is 6.50. The summed E-state index contributed by atoms with van der Waals surface area (Å²) in [7, 11) is 0. The number of ether oxygens (including phenoxy) is 1. The van der Waals surface area contributed by atoms with Gasteiger partial charge < -0.3 is 9.64 Å². The van der Waals surface area contributed by atoms with Gasteiger partial charge in [0, 0.05) is 18.7 Å². The lowest BCUT2D eigenvalue weighted by Crippen LogP contribution is -2.48. The average Bonchev–Trinajstić information content (AvgIpc) is 2.54. The number of morpholine rings is 1. The Balaban J connectivity index is 1.84. The summed E-state index contributed by atoms with van der Waals surface area (Å²) in [5, 5.41) is 0. The number of nitrogens with zero attached hydrogens (tertiary/aromatic N) is 2. The van der Waals surface area contributed by atoms with Crippen LogP contribution >= 0.6 is 0 Å². The molecule has 2 unspecified atom stereocenters. The van der Waals surface area contributed by atoms with E-state index in [0.29, 0.717) is 18.7 Å². The number of aromatic nitrogens is 1. The first-order chi connectivity index (χ1) is 11.0. The van der Waals surface area contributed by atoms with E-state index in [9.17, 15) is 4.79 Å². The Labute approximate surface area is 137 Å². The van der Waals surface area contributed by atoms with Crippen molar-refractivity contribution in [3.8, 4) is 11.3 Å². The van der Waals surface area contributed by atoms with Crippen LogP contribution in [0.5, 0.6) is 0 Å². The molecule has 2 heterocycles. The first-order valence-corrected chi connectivity index (χ1v) is 8.02. The Morgan fingerprint density at radius 1 is 1.09 bits per heavy atom. The van der Waals surface area contributed by atoms with Crippen molar-refractivity contribution in [3.05, 3.63) is 53.7 Å².